The second-order valence-electron chi connectivity index (χ2n) is 4.54. The highest BCUT2D eigenvalue weighted by Crippen LogP contribution is 2.21. The van der Waals surface area contributed by atoms with Gasteiger partial charge >= 0.3 is 6.09 Å². The Kier molecular flexibility index (Phi) is 7.69. The van der Waals surface area contributed by atoms with Crippen molar-refractivity contribution in [2.24, 2.45) is 0 Å². The highest BCUT2D eigenvalue weighted by Gasteiger charge is 2.29. The lowest BCUT2D eigenvalue weighted by atomic mass is 10.1. The maximum absolute atomic E-state index is 11.9. The molecule has 5 heteroatoms. The number of aliphatic hydroxyl groups excluding tert-OH is 2. The first-order chi connectivity index (χ1) is 9.81. The summed E-state index contributed by atoms with van der Waals surface area (Å²) in [5.41, 5.74) is 0.990. The second-order valence-corrected chi connectivity index (χ2v) is 4.54. The molecule has 1 aliphatic rings. The van der Waals surface area contributed by atoms with Gasteiger partial charge in [0.1, 0.15) is 6.61 Å². The zero-order valence-electron chi connectivity index (χ0n) is 11.9. The average molecular weight is 281 g/mol. The molecule has 1 amide bonds. The molecule has 2 N–H and O–H groups in total. The first-order valence-electron chi connectivity index (χ1n) is 6.84. The van der Waals surface area contributed by atoms with Crippen LogP contribution in [0.5, 0.6) is 0 Å². The molecule has 1 saturated heterocycles. The third kappa shape index (κ3) is 4.83. The molecule has 0 saturated carbocycles. The maximum Gasteiger partial charge on any atom is 0.410 e. The van der Waals surface area contributed by atoms with Crippen molar-refractivity contribution in [1.82, 2.24) is 4.90 Å². The SMILES string of the molecule is CO.O=C(OCc1ccccc1)N1CCCC1CCO. The summed E-state index contributed by atoms with van der Waals surface area (Å²) in [6, 6.07) is 9.79. The quantitative estimate of drug-likeness (QED) is 0.882. The van der Waals surface area contributed by atoms with Crippen molar-refractivity contribution >= 4 is 6.09 Å². The monoisotopic (exact) mass is 281 g/mol. The third-order valence-electron chi connectivity index (χ3n) is 3.28. The van der Waals surface area contributed by atoms with E-state index in [0.717, 1.165) is 32.1 Å². The number of amides is 1. The Morgan fingerprint density at radius 3 is 2.70 bits per heavy atom. The van der Waals surface area contributed by atoms with Gasteiger partial charge in [-0.1, -0.05) is 30.3 Å². The first kappa shape index (κ1) is 16.5. The average Bonchev–Trinajstić information content (AvgIpc) is 2.97. The smallest absolute Gasteiger partial charge is 0.410 e. The Morgan fingerprint density at radius 2 is 2.05 bits per heavy atom. The molecule has 1 aliphatic heterocycles. The first-order valence-corrected chi connectivity index (χ1v) is 6.84. The summed E-state index contributed by atoms with van der Waals surface area (Å²) in [6.07, 6.45) is 2.32. The Labute approximate surface area is 119 Å². The van der Waals surface area contributed by atoms with E-state index in [1.54, 1.807) is 4.90 Å². The molecule has 1 aromatic carbocycles. The van der Waals surface area contributed by atoms with Gasteiger partial charge in [-0.15, -0.1) is 0 Å². The van der Waals surface area contributed by atoms with Crippen LogP contribution in [-0.2, 0) is 11.3 Å². The molecule has 112 valence electrons. The summed E-state index contributed by atoms with van der Waals surface area (Å²) in [5, 5.41) is 16.0. The highest BCUT2D eigenvalue weighted by molar-refractivity contribution is 5.68. The zero-order valence-corrected chi connectivity index (χ0v) is 11.9. The normalized spacial score (nSPS) is 17.4. The number of carbonyl (C=O) groups excluding carboxylic acids is 1. The van der Waals surface area contributed by atoms with E-state index in [2.05, 4.69) is 0 Å². The minimum atomic E-state index is -0.269. The van der Waals surface area contributed by atoms with Crippen LogP contribution in [0, 0.1) is 0 Å². The van der Waals surface area contributed by atoms with Crippen LogP contribution in [0.2, 0.25) is 0 Å². The molecule has 0 bridgehead atoms. The molecule has 0 aliphatic carbocycles. The van der Waals surface area contributed by atoms with Gasteiger partial charge in [0.15, 0.2) is 0 Å². The Morgan fingerprint density at radius 1 is 1.35 bits per heavy atom. The number of nitrogens with zero attached hydrogens (tertiary/aromatic N) is 1. The molecule has 1 atom stereocenters. The van der Waals surface area contributed by atoms with Gasteiger partial charge in [0.25, 0.3) is 0 Å². The van der Waals surface area contributed by atoms with E-state index >= 15 is 0 Å². The van der Waals surface area contributed by atoms with Crippen LogP contribution in [0.25, 0.3) is 0 Å². The van der Waals surface area contributed by atoms with Crippen LogP contribution >= 0.6 is 0 Å². The maximum atomic E-state index is 11.9. The van der Waals surface area contributed by atoms with Gasteiger partial charge in [-0.3, -0.25) is 0 Å². The number of likely N-dealkylation sites (tertiary alicyclic amines) is 1. The van der Waals surface area contributed by atoms with Gasteiger partial charge in [0, 0.05) is 26.3 Å². The van der Waals surface area contributed by atoms with Gasteiger partial charge in [-0.2, -0.15) is 0 Å². The molecular formula is C15H23NO4. The molecule has 1 heterocycles. The number of rotatable bonds is 4. The summed E-state index contributed by atoms with van der Waals surface area (Å²) in [7, 11) is 1.00. The van der Waals surface area contributed by atoms with Crippen LogP contribution in [0.15, 0.2) is 30.3 Å². The van der Waals surface area contributed by atoms with Gasteiger partial charge in [-0.05, 0) is 24.8 Å². The molecule has 1 fully saturated rings. The number of ether oxygens (including phenoxy) is 1. The highest BCUT2D eigenvalue weighted by atomic mass is 16.6. The molecule has 0 radical (unpaired) electrons. The van der Waals surface area contributed by atoms with Gasteiger partial charge in [0.05, 0.1) is 0 Å². The van der Waals surface area contributed by atoms with Gasteiger partial charge in [-0.25, -0.2) is 4.79 Å². The van der Waals surface area contributed by atoms with E-state index in [9.17, 15) is 4.79 Å². The van der Waals surface area contributed by atoms with Gasteiger partial charge in [0.2, 0.25) is 0 Å². The molecular weight excluding hydrogens is 258 g/mol. The van der Waals surface area contributed by atoms with Crippen LogP contribution in [-0.4, -0.2) is 47.5 Å². The minimum absolute atomic E-state index is 0.118. The fourth-order valence-electron chi connectivity index (χ4n) is 2.33. The number of hydrogen-bond donors (Lipinski definition) is 2. The van der Waals surface area contributed by atoms with E-state index in [0.29, 0.717) is 13.0 Å². The van der Waals surface area contributed by atoms with Crippen molar-refractivity contribution in [3.63, 3.8) is 0 Å². The van der Waals surface area contributed by atoms with E-state index in [4.69, 9.17) is 14.9 Å². The van der Waals surface area contributed by atoms with Crippen molar-refractivity contribution in [2.45, 2.75) is 31.9 Å². The van der Waals surface area contributed by atoms with Crippen molar-refractivity contribution in [3.8, 4) is 0 Å². The zero-order chi connectivity index (χ0) is 14.8. The van der Waals surface area contributed by atoms with Crippen LogP contribution in [0.3, 0.4) is 0 Å². The number of benzene rings is 1. The second kappa shape index (κ2) is 9.34. The summed E-state index contributed by atoms with van der Waals surface area (Å²) >= 11 is 0. The number of carbonyl (C=O) groups is 1. The lowest BCUT2D eigenvalue weighted by molar-refractivity contribution is 0.0875. The Balaban J connectivity index is 0.000000956. The largest absolute Gasteiger partial charge is 0.445 e. The standard InChI is InChI=1S/C14H19NO3.CH4O/c16-10-8-13-7-4-9-15(13)14(17)18-11-12-5-2-1-3-6-12;1-2/h1-3,5-6,13,16H,4,7-11H2;2H,1H3. The summed E-state index contributed by atoms with van der Waals surface area (Å²) in [6.45, 7) is 1.16. The summed E-state index contributed by atoms with van der Waals surface area (Å²) in [4.78, 5) is 13.7. The van der Waals surface area contributed by atoms with E-state index in [1.165, 1.54) is 0 Å². The molecule has 0 aromatic heterocycles. The number of hydrogen-bond acceptors (Lipinski definition) is 4. The molecule has 1 unspecified atom stereocenters. The van der Waals surface area contributed by atoms with Gasteiger partial charge < -0.3 is 19.8 Å². The van der Waals surface area contributed by atoms with E-state index < -0.39 is 0 Å². The summed E-state index contributed by atoms with van der Waals surface area (Å²) < 4.78 is 5.29. The number of aliphatic hydroxyl groups is 2. The minimum Gasteiger partial charge on any atom is -0.445 e. The molecule has 20 heavy (non-hydrogen) atoms. The van der Waals surface area contributed by atoms with Crippen molar-refractivity contribution in [2.75, 3.05) is 20.3 Å². The lowest BCUT2D eigenvalue weighted by Crippen LogP contribution is -2.36. The Bertz CT molecular complexity index is 383. The van der Waals surface area contributed by atoms with Crippen molar-refractivity contribution in [1.29, 1.82) is 0 Å². The van der Waals surface area contributed by atoms with E-state index in [1.807, 2.05) is 30.3 Å². The van der Waals surface area contributed by atoms with E-state index in [-0.39, 0.29) is 18.7 Å². The fourth-order valence-corrected chi connectivity index (χ4v) is 2.33. The molecule has 1 aromatic rings. The molecule has 0 spiro atoms. The predicted molar refractivity (Wildman–Crippen MR) is 76.2 cm³/mol. The third-order valence-corrected chi connectivity index (χ3v) is 3.28. The topological polar surface area (TPSA) is 70.0 Å². The van der Waals surface area contributed by atoms with Crippen LogP contribution in [0.4, 0.5) is 4.79 Å². The Hall–Kier alpha value is -1.59. The predicted octanol–water partition coefficient (Wildman–Crippen LogP) is 1.78. The fraction of sp³-hybridized carbons (Fsp3) is 0.533. The molecule has 2 rings (SSSR count). The van der Waals surface area contributed by atoms with Crippen LogP contribution < -0.4 is 0 Å². The van der Waals surface area contributed by atoms with Crippen molar-refractivity contribution in [3.05, 3.63) is 35.9 Å². The lowest BCUT2D eigenvalue weighted by Gasteiger charge is -2.23. The van der Waals surface area contributed by atoms with Crippen LogP contribution in [0.1, 0.15) is 24.8 Å². The summed E-state index contributed by atoms with van der Waals surface area (Å²) in [5.74, 6) is 0. The molecule has 5 nitrogen and oxygen atoms in total. The van der Waals surface area contributed by atoms with Crippen molar-refractivity contribution < 1.29 is 19.7 Å².